The molecule has 19 heavy (non-hydrogen) atoms. The van der Waals surface area contributed by atoms with Gasteiger partial charge in [-0.3, -0.25) is 4.79 Å². The highest BCUT2D eigenvalue weighted by Crippen LogP contribution is 2.21. The molecule has 0 spiro atoms. The van der Waals surface area contributed by atoms with Gasteiger partial charge in [-0.2, -0.15) is 0 Å². The van der Waals surface area contributed by atoms with Gasteiger partial charge in [0, 0.05) is 13.2 Å². The summed E-state index contributed by atoms with van der Waals surface area (Å²) in [5.41, 5.74) is 0.966. The molecule has 1 amide bonds. The summed E-state index contributed by atoms with van der Waals surface area (Å²) in [6, 6.07) is 1.83. The van der Waals surface area contributed by atoms with Gasteiger partial charge in [0.25, 0.3) is 5.91 Å². The molecule has 0 aromatic carbocycles. The van der Waals surface area contributed by atoms with Crippen molar-refractivity contribution in [1.82, 2.24) is 5.32 Å². The molecule has 1 fully saturated rings. The van der Waals surface area contributed by atoms with Crippen LogP contribution in [0.4, 0.5) is 0 Å². The average Bonchev–Trinajstić information content (AvgIpc) is 3.03. The molecule has 102 valence electrons. The predicted molar refractivity (Wildman–Crippen MR) is 74.3 cm³/mol. The van der Waals surface area contributed by atoms with Crippen LogP contribution in [0.1, 0.15) is 33.0 Å². The fourth-order valence-corrected chi connectivity index (χ4v) is 2.90. The molecule has 1 aromatic rings. The molecule has 1 unspecified atom stereocenters. The second kappa shape index (κ2) is 6.71. The number of ether oxygens (including phenoxy) is 1. The first-order valence-corrected chi connectivity index (χ1v) is 7.12. The van der Waals surface area contributed by atoms with Gasteiger partial charge in [-0.15, -0.1) is 11.3 Å². The number of carbonyl (C=O) groups excluding carboxylic acids is 1. The van der Waals surface area contributed by atoms with Crippen molar-refractivity contribution in [1.29, 1.82) is 0 Å². The molecule has 0 radical (unpaired) electrons. The van der Waals surface area contributed by atoms with E-state index in [2.05, 4.69) is 17.2 Å². The third-order valence-corrected chi connectivity index (χ3v) is 4.09. The first kappa shape index (κ1) is 14.1. The quantitative estimate of drug-likeness (QED) is 0.820. The minimum absolute atomic E-state index is 0.0827. The van der Waals surface area contributed by atoms with Gasteiger partial charge in [0.1, 0.15) is 6.61 Å². The Bertz CT molecular complexity index is 506. The van der Waals surface area contributed by atoms with Crippen LogP contribution < -0.4 is 5.32 Å². The topological polar surface area (TPSA) is 58.6 Å². The van der Waals surface area contributed by atoms with Crippen molar-refractivity contribution in [3.8, 4) is 11.8 Å². The van der Waals surface area contributed by atoms with Crippen LogP contribution in [0.2, 0.25) is 0 Å². The van der Waals surface area contributed by atoms with Crippen LogP contribution in [-0.4, -0.2) is 36.9 Å². The zero-order valence-corrected chi connectivity index (χ0v) is 11.7. The lowest BCUT2D eigenvalue weighted by Crippen LogP contribution is -2.31. The van der Waals surface area contributed by atoms with Gasteiger partial charge in [-0.05, 0) is 31.4 Å². The molecular formula is C14H17NO3S. The molecule has 5 heteroatoms. The maximum absolute atomic E-state index is 12.0. The number of aryl methyl sites for hydroxylation is 1. The third-order valence-electron chi connectivity index (χ3n) is 2.94. The van der Waals surface area contributed by atoms with Crippen molar-refractivity contribution in [3.63, 3.8) is 0 Å². The molecule has 0 saturated carbocycles. The van der Waals surface area contributed by atoms with Crippen molar-refractivity contribution in [2.45, 2.75) is 25.9 Å². The molecule has 4 nitrogen and oxygen atoms in total. The summed E-state index contributed by atoms with van der Waals surface area (Å²) in [5.74, 6) is 5.36. The summed E-state index contributed by atoms with van der Waals surface area (Å²) in [4.78, 5) is 13.5. The van der Waals surface area contributed by atoms with Gasteiger partial charge in [-0.25, -0.2) is 0 Å². The Hall–Kier alpha value is -1.35. The standard InChI is InChI=1S/C14H17NO3S/c1-10-8-13(19-12(10)5-2-6-16)14(17)15-9-11-4-3-7-18-11/h8,11,16H,3-4,6-7,9H2,1H3,(H,15,17). The highest BCUT2D eigenvalue weighted by Gasteiger charge is 2.17. The van der Waals surface area contributed by atoms with Crippen molar-refractivity contribution in [3.05, 3.63) is 21.4 Å². The third kappa shape index (κ3) is 3.80. The van der Waals surface area contributed by atoms with Crippen LogP contribution in [0.15, 0.2) is 6.07 Å². The number of amides is 1. The van der Waals surface area contributed by atoms with Crippen molar-refractivity contribution in [2.75, 3.05) is 19.8 Å². The van der Waals surface area contributed by atoms with E-state index in [1.54, 1.807) is 0 Å². The smallest absolute Gasteiger partial charge is 0.261 e. The average molecular weight is 279 g/mol. The summed E-state index contributed by atoms with van der Waals surface area (Å²) in [7, 11) is 0. The fourth-order valence-electron chi connectivity index (χ4n) is 1.94. The van der Waals surface area contributed by atoms with Crippen LogP contribution in [0.25, 0.3) is 0 Å². The number of aliphatic hydroxyl groups excluding tert-OH is 1. The monoisotopic (exact) mass is 279 g/mol. The molecule has 1 aliphatic heterocycles. The SMILES string of the molecule is Cc1cc(C(=O)NCC2CCCO2)sc1C#CCO. The first-order chi connectivity index (χ1) is 9.20. The van der Waals surface area contributed by atoms with Crippen LogP contribution in [0.5, 0.6) is 0 Å². The normalized spacial score (nSPS) is 17.9. The van der Waals surface area contributed by atoms with E-state index in [1.807, 2.05) is 13.0 Å². The fraction of sp³-hybridized carbons (Fsp3) is 0.500. The predicted octanol–water partition coefficient (Wildman–Crippen LogP) is 1.31. The second-order valence-electron chi connectivity index (χ2n) is 4.43. The Morgan fingerprint density at radius 2 is 2.53 bits per heavy atom. The van der Waals surface area contributed by atoms with Crippen LogP contribution in [0, 0.1) is 18.8 Å². The molecule has 0 aliphatic carbocycles. The number of carbonyl (C=O) groups is 1. The number of thiophene rings is 1. The van der Waals surface area contributed by atoms with Gasteiger partial charge in [-0.1, -0.05) is 11.8 Å². The lowest BCUT2D eigenvalue weighted by molar-refractivity contribution is 0.0861. The molecule has 2 N–H and O–H groups in total. The van der Waals surface area contributed by atoms with Gasteiger partial charge < -0.3 is 15.2 Å². The number of rotatable bonds is 3. The highest BCUT2D eigenvalue weighted by molar-refractivity contribution is 7.14. The molecular weight excluding hydrogens is 262 g/mol. The summed E-state index contributed by atoms with van der Waals surface area (Å²) >= 11 is 1.35. The lowest BCUT2D eigenvalue weighted by Gasteiger charge is -2.09. The minimum Gasteiger partial charge on any atom is -0.384 e. The highest BCUT2D eigenvalue weighted by atomic mass is 32.1. The molecule has 1 aliphatic rings. The molecule has 1 aromatic heterocycles. The van der Waals surface area contributed by atoms with Crippen LogP contribution >= 0.6 is 11.3 Å². The van der Waals surface area contributed by atoms with Gasteiger partial charge in [0.2, 0.25) is 0 Å². The van der Waals surface area contributed by atoms with E-state index in [9.17, 15) is 4.79 Å². The molecule has 2 heterocycles. The molecule has 0 bridgehead atoms. The van der Waals surface area contributed by atoms with Crippen molar-refractivity contribution < 1.29 is 14.6 Å². The van der Waals surface area contributed by atoms with E-state index in [1.165, 1.54) is 11.3 Å². The van der Waals surface area contributed by atoms with Crippen LogP contribution in [-0.2, 0) is 4.74 Å². The van der Waals surface area contributed by atoms with E-state index < -0.39 is 0 Å². The molecule has 1 saturated heterocycles. The Morgan fingerprint density at radius 1 is 1.68 bits per heavy atom. The number of nitrogens with one attached hydrogen (secondary N) is 1. The minimum atomic E-state index is -0.169. The maximum Gasteiger partial charge on any atom is 0.261 e. The van der Waals surface area contributed by atoms with Crippen LogP contribution in [0.3, 0.4) is 0 Å². The Labute approximate surface area is 116 Å². The van der Waals surface area contributed by atoms with E-state index >= 15 is 0 Å². The number of hydrogen-bond acceptors (Lipinski definition) is 4. The van der Waals surface area contributed by atoms with E-state index in [-0.39, 0.29) is 18.6 Å². The van der Waals surface area contributed by atoms with Gasteiger partial charge >= 0.3 is 0 Å². The Kier molecular flexibility index (Phi) is 4.97. The first-order valence-electron chi connectivity index (χ1n) is 6.30. The Morgan fingerprint density at radius 3 is 3.21 bits per heavy atom. The number of aliphatic hydroxyl groups is 1. The summed E-state index contributed by atoms with van der Waals surface area (Å²) in [6.07, 6.45) is 2.23. The van der Waals surface area contributed by atoms with Crippen molar-refractivity contribution >= 4 is 17.2 Å². The zero-order chi connectivity index (χ0) is 13.7. The Balaban J connectivity index is 1.94. The molecule has 1 atom stereocenters. The summed E-state index contributed by atoms with van der Waals surface area (Å²) < 4.78 is 5.46. The zero-order valence-electron chi connectivity index (χ0n) is 10.9. The maximum atomic E-state index is 12.0. The second-order valence-corrected chi connectivity index (χ2v) is 5.48. The lowest BCUT2D eigenvalue weighted by atomic mass is 10.2. The molecule has 2 rings (SSSR count). The van der Waals surface area contributed by atoms with E-state index in [4.69, 9.17) is 9.84 Å². The van der Waals surface area contributed by atoms with Crippen molar-refractivity contribution in [2.24, 2.45) is 0 Å². The van der Waals surface area contributed by atoms with E-state index in [0.717, 1.165) is 29.9 Å². The van der Waals surface area contributed by atoms with Gasteiger partial charge in [0.15, 0.2) is 0 Å². The van der Waals surface area contributed by atoms with Gasteiger partial charge in [0.05, 0.1) is 15.9 Å². The van der Waals surface area contributed by atoms with E-state index in [0.29, 0.717) is 11.4 Å². The largest absolute Gasteiger partial charge is 0.384 e. The summed E-state index contributed by atoms with van der Waals surface area (Å²) in [5, 5.41) is 11.6. The summed E-state index contributed by atoms with van der Waals surface area (Å²) in [6.45, 7) is 3.10. The number of hydrogen-bond donors (Lipinski definition) is 2.